The van der Waals surface area contributed by atoms with Crippen molar-refractivity contribution in [2.45, 2.75) is 13.0 Å². The largest absolute Gasteiger partial charge is 0.486 e. The average molecular weight is 376 g/mol. The molecule has 1 aliphatic heterocycles. The quantitative estimate of drug-likeness (QED) is 0.682. The Kier molecular flexibility index (Phi) is 6.74. The topological polar surface area (TPSA) is 60.0 Å². The van der Waals surface area contributed by atoms with E-state index in [4.69, 9.17) is 14.2 Å². The third-order valence-corrected chi connectivity index (χ3v) is 4.86. The van der Waals surface area contributed by atoms with Crippen LogP contribution in [0.5, 0.6) is 11.5 Å². The van der Waals surface area contributed by atoms with Gasteiger partial charge < -0.3 is 24.4 Å². The van der Waals surface area contributed by atoms with Crippen molar-refractivity contribution in [3.8, 4) is 11.5 Å². The molecule has 3 rings (SSSR count). The Morgan fingerprint density at radius 3 is 2.88 bits per heavy atom. The van der Waals surface area contributed by atoms with E-state index in [0.29, 0.717) is 32.9 Å². The molecule has 0 atom stereocenters. The van der Waals surface area contributed by atoms with Crippen molar-refractivity contribution in [2.75, 3.05) is 44.9 Å². The highest BCUT2D eigenvalue weighted by molar-refractivity contribution is 7.09. The predicted molar refractivity (Wildman–Crippen MR) is 102 cm³/mol. The molecule has 6 nitrogen and oxygen atoms in total. The van der Waals surface area contributed by atoms with Gasteiger partial charge in [0.05, 0.1) is 13.1 Å². The zero-order valence-electron chi connectivity index (χ0n) is 14.9. The van der Waals surface area contributed by atoms with E-state index in [2.05, 4.69) is 16.3 Å². The van der Waals surface area contributed by atoms with Crippen LogP contribution in [-0.2, 0) is 16.1 Å². The van der Waals surface area contributed by atoms with Gasteiger partial charge in [-0.15, -0.1) is 11.3 Å². The number of hydrogen-bond acceptors (Lipinski definition) is 6. The lowest BCUT2D eigenvalue weighted by Crippen LogP contribution is -2.37. The van der Waals surface area contributed by atoms with Crippen molar-refractivity contribution in [1.29, 1.82) is 0 Å². The number of methoxy groups -OCH3 is 1. The van der Waals surface area contributed by atoms with Gasteiger partial charge in [-0.2, -0.15) is 0 Å². The van der Waals surface area contributed by atoms with Crippen LogP contribution in [0.2, 0.25) is 0 Å². The molecular formula is C19H24N2O4S. The van der Waals surface area contributed by atoms with Crippen LogP contribution < -0.4 is 19.7 Å². The van der Waals surface area contributed by atoms with Crippen molar-refractivity contribution in [3.05, 3.63) is 40.6 Å². The van der Waals surface area contributed by atoms with Crippen molar-refractivity contribution >= 4 is 22.9 Å². The molecule has 0 fully saturated rings. The first-order chi connectivity index (χ1) is 12.8. The Labute approximate surface area is 157 Å². The number of thiophene rings is 1. The summed E-state index contributed by atoms with van der Waals surface area (Å²) in [5, 5.41) is 4.99. The predicted octanol–water partition coefficient (Wildman–Crippen LogP) is 2.68. The Morgan fingerprint density at radius 1 is 1.27 bits per heavy atom. The highest BCUT2D eigenvalue weighted by atomic mass is 32.1. The van der Waals surface area contributed by atoms with E-state index >= 15 is 0 Å². The number of ether oxygens (including phenoxy) is 3. The van der Waals surface area contributed by atoms with Gasteiger partial charge in [-0.25, -0.2) is 0 Å². The van der Waals surface area contributed by atoms with Gasteiger partial charge in [0, 0.05) is 36.9 Å². The van der Waals surface area contributed by atoms with Gasteiger partial charge in [-0.05, 0) is 30.0 Å². The highest BCUT2D eigenvalue weighted by Gasteiger charge is 2.17. The molecule has 2 aromatic rings. The number of nitrogens with zero attached hydrogens (tertiary/aromatic N) is 1. The van der Waals surface area contributed by atoms with Gasteiger partial charge >= 0.3 is 0 Å². The number of carbonyl (C=O) groups is 1. The fourth-order valence-electron chi connectivity index (χ4n) is 2.73. The van der Waals surface area contributed by atoms with Crippen molar-refractivity contribution in [3.63, 3.8) is 0 Å². The zero-order valence-corrected chi connectivity index (χ0v) is 15.7. The van der Waals surface area contributed by atoms with Crippen LogP contribution in [0.3, 0.4) is 0 Å². The van der Waals surface area contributed by atoms with Crippen LogP contribution in [0.25, 0.3) is 0 Å². The molecule has 0 saturated carbocycles. The molecule has 7 heteroatoms. The van der Waals surface area contributed by atoms with E-state index in [1.807, 2.05) is 29.6 Å². The minimum atomic E-state index is -0.00690. The molecule has 0 aliphatic carbocycles. The summed E-state index contributed by atoms with van der Waals surface area (Å²) < 4.78 is 16.3. The fourth-order valence-corrected chi connectivity index (χ4v) is 3.45. The van der Waals surface area contributed by atoms with Crippen LogP contribution in [0, 0.1) is 0 Å². The monoisotopic (exact) mass is 376 g/mol. The van der Waals surface area contributed by atoms with Gasteiger partial charge in [0.1, 0.15) is 13.2 Å². The lowest BCUT2D eigenvalue weighted by Gasteiger charge is -2.26. The number of fused-ring (bicyclic) bond motifs is 1. The summed E-state index contributed by atoms with van der Waals surface area (Å²) in [7, 11) is 1.66. The van der Waals surface area contributed by atoms with Gasteiger partial charge in [0.2, 0.25) is 5.91 Å². The molecule has 0 radical (unpaired) electrons. The molecule has 140 valence electrons. The van der Waals surface area contributed by atoms with Crippen molar-refractivity contribution in [1.82, 2.24) is 5.32 Å². The average Bonchev–Trinajstić information content (AvgIpc) is 3.17. The molecule has 0 unspecified atom stereocenters. The minimum absolute atomic E-state index is 0.00690. The molecule has 2 heterocycles. The first-order valence-electron chi connectivity index (χ1n) is 8.69. The van der Waals surface area contributed by atoms with Crippen LogP contribution >= 0.6 is 11.3 Å². The molecule has 26 heavy (non-hydrogen) atoms. The van der Waals surface area contributed by atoms with Gasteiger partial charge in [-0.3, -0.25) is 4.79 Å². The SMILES string of the molecule is COCCCNC(=O)CN(Cc1cccs1)c1ccc2c(c1)OCCO2. The minimum Gasteiger partial charge on any atom is -0.486 e. The number of hydrogen-bond donors (Lipinski definition) is 1. The number of carbonyl (C=O) groups excluding carboxylic acids is 1. The molecule has 0 bridgehead atoms. The van der Waals surface area contributed by atoms with E-state index in [1.54, 1.807) is 18.4 Å². The second-order valence-corrected chi connectivity index (χ2v) is 6.99. The van der Waals surface area contributed by atoms with Crippen LogP contribution in [0.4, 0.5) is 5.69 Å². The lowest BCUT2D eigenvalue weighted by atomic mass is 10.2. The Morgan fingerprint density at radius 2 is 2.12 bits per heavy atom. The summed E-state index contributed by atoms with van der Waals surface area (Å²) in [4.78, 5) is 15.6. The molecule has 1 aromatic heterocycles. The summed E-state index contributed by atoms with van der Waals surface area (Å²) >= 11 is 1.68. The number of benzene rings is 1. The van der Waals surface area contributed by atoms with E-state index in [1.165, 1.54) is 4.88 Å². The van der Waals surface area contributed by atoms with Crippen molar-refractivity contribution < 1.29 is 19.0 Å². The summed E-state index contributed by atoms with van der Waals surface area (Å²) in [5.74, 6) is 1.47. The Bertz CT molecular complexity index is 706. The molecule has 1 N–H and O–H groups in total. The number of amides is 1. The molecule has 1 aromatic carbocycles. The number of rotatable bonds is 9. The molecule has 1 amide bonds. The second kappa shape index (κ2) is 9.45. The summed E-state index contributed by atoms with van der Waals surface area (Å²) in [6.07, 6.45) is 0.803. The van der Waals surface area contributed by atoms with E-state index < -0.39 is 0 Å². The van der Waals surface area contributed by atoms with Crippen LogP contribution in [0.1, 0.15) is 11.3 Å². The second-order valence-electron chi connectivity index (χ2n) is 5.96. The van der Waals surface area contributed by atoms with Crippen LogP contribution in [-0.4, -0.2) is 45.9 Å². The smallest absolute Gasteiger partial charge is 0.239 e. The van der Waals surface area contributed by atoms with Gasteiger partial charge in [0.15, 0.2) is 11.5 Å². The zero-order chi connectivity index (χ0) is 18.2. The van der Waals surface area contributed by atoms with E-state index in [9.17, 15) is 4.79 Å². The first kappa shape index (κ1) is 18.5. The van der Waals surface area contributed by atoms with Crippen LogP contribution in [0.15, 0.2) is 35.7 Å². The van der Waals surface area contributed by atoms with Gasteiger partial charge in [0.25, 0.3) is 0 Å². The van der Waals surface area contributed by atoms with Gasteiger partial charge in [-0.1, -0.05) is 6.07 Å². The summed E-state index contributed by atoms with van der Waals surface area (Å²) in [6, 6.07) is 9.92. The maximum absolute atomic E-state index is 12.4. The van der Waals surface area contributed by atoms with E-state index in [0.717, 1.165) is 23.6 Å². The molecular weight excluding hydrogens is 352 g/mol. The summed E-state index contributed by atoms with van der Waals surface area (Å²) in [5.41, 5.74) is 0.940. The maximum Gasteiger partial charge on any atom is 0.239 e. The number of anilines is 1. The molecule has 1 aliphatic rings. The Hall–Kier alpha value is -2.25. The third-order valence-electron chi connectivity index (χ3n) is 4.00. The standard InChI is InChI=1S/C19H24N2O4S/c1-23-8-3-7-20-19(22)14-21(13-16-4-2-11-26-16)15-5-6-17-18(12-15)25-10-9-24-17/h2,4-6,11-12H,3,7-10,13-14H2,1H3,(H,20,22). The highest BCUT2D eigenvalue weighted by Crippen LogP contribution is 2.34. The fraction of sp³-hybridized carbons (Fsp3) is 0.421. The first-order valence-corrected chi connectivity index (χ1v) is 9.57. The third kappa shape index (κ3) is 5.12. The lowest BCUT2D eigenvalue weighted by molar-refractivity contribution is -0.119. The number of nitrogens with one attached hydrogen (secondary N) is 1. The molecule has 0 saturated heterocycles. The van der Waals surface area contributed by atoms with E-state index in [-0.39, 0.29) is 12.5 Å². The maximum atomic E-state index is 12.4. The Balaban J connectivity index is 1.69. The normalized spacial score (nSPS) is 12.7. The molecule has 0 spiro atoms. The summed E-state index contributed by atoms with van der Waals surface area (Å²) in [6.45, 7) is 3.31. The van der Waals surface area contributed by atoms with Crippen molar-refractivity contribution in [2.24, 2.45) is 0 Å².